The molecule has 0 bridgehead atoms. The van der Waals surface area contributed by atoms with Gasteiger partial charge in [0.15, 0.2) is 0 Å². The number of anilines is 1. The van der Waals surface area contributed by atoms with Crippen molar-refractivity contribution in [1.82, 2.24) is 5.32 Å². The molecule has 0 spiro atoms. The Morgan fingerprint density at radius 3 is 2.57 bits per heavy atom. The van der Waals surface area contributed by atoms with E-state index in [2.05, 4.69) is 29.3 Å². The number of nitrogens with one attached hydrogen (secondary N) is 1. The highest BCUT2D eigenvalue weighted by Crippen LogP contribution is 2.47. The molecular formula is C17H23ClN2O. The topological polar surface area (TPSA) is 32.3 Å². The molecule has 1 saturated carbocycles. The summed E-state index contributed by atoms with van der Waals surface area (Å²) in [6.07, 6.45) is 4.34. The largest absolute Gasteiger partial charge is 0.370 e. The molecule has 4 heteroatoms. The highest BCUT2D eigenvalue weighted by molar-refractivity contribution is 6.34. The molecule has 0 unspecified atom stereocenters. The first-order valence-electron chi connectivity index (χ1n) is 7.87. The van der Waals surface area contributed by atoms with Crippen LogP contribution in [-0.2, 0) is 4.79 Å². The Bertz CT molecular complexity index is 546. The summed E-state index contributed by atoms with van der Waals surface area (Å²) in [5.41, 5.74) is 3.70. The van der Waals surface area contributed by atoms with Gasteiger partial charge in [0.05, 0.1) is 10.7 Å². The van der Waals surface area contributed by atoms with E-state index in [4.69, 9.17) is 11.6 Å². The van der Waals surface area contributed by atoms with Crippen LogP contribution in [0.25, 0.3) is 0 Å². The van der Waals surface area contributed by atoms with Crippen LogP contribution < -0.4 is 10.2 Å². The second-order valence-corrected chi connectivity index (χ2v) is 6.68. The van der Waals surface area contributed by atoms with Crippen molar-refractivity contribution in [3.63, 3.8) is 0 Å². The molecular weight excluding hydrogens is 284 g/mol. The number of aryl methyl sites for hydroxylation is 1. The molecule has 21 heavy (non-hydrogen) atoms. The Hall–Kier alpha value is -1.22. The Labute approximate surface area is 131 Å². The highest BCUT2D eigenvalue weighted by Gasteiger charge is 2.37. The van der Waals surface area contributed by atoms with Crippen LogP contribution in [0.5, 0.6) is 0 Å². The van der Waals surface area contributed by atoms with Crippen molar-refractivity contribution >= 4 is 23.2 Å². The van der Waals surface area contributed by atoms with Gasteiger partial charge in [-0.25, -0.2) is 0 Å². The molecule has 3 nitrogen and oxygen atoms in total. The molecule has 0 aromatic heterocycles. The molecule has 1 amide bonds. The van der Waals surface area contributed by atoms with Crippen LogP contribution in [0, 0.1) is 12.8 Å². The monoisotopic (exact) mass is 306 g/mol. The van der Waals surface area contributed by atoms with Gasteiger partial charge in [0.1, 0.15) is 0 Å². The Kier molecular flexibility index (Phi) is 4.12. The van der Waals surface area contributed by atoms with Crippen LogP contribution in [-0.4, -0.2) is 26.0 Å². The van der Waals surface area contributed by atoms with E-state index in [1.165, 1.54) is 29.7 Å². The van der Waals surface area contributed by atoms with E-state index in [1.807, 2.05) is 0 Å². The summed E-state index contributed by atoms with van der Waals surface area (Å²) in [6, 6.07) is 4.34. The van der Waals surface area contributed by atoms with E-state index in [1.54, 1.807) is 7.05 Å². The molecule has 1 heterocycles. The van der Waals surface area contributed by atoms with Crippen molar-refractivity contribution < 1.29 is 4.79 Å². The van der Waals surface area contributed by atoms with Gasteiger partial charge in [-0.3, -0.25) is 4.79 Å². The van der Waals surface area contributed by atoms with Gasteiger partial charge in [0.25, 0.3) is 0 Å². The summed E-state index contributed by atoms with van der Waals surface area (Å²) in [6.45, 7) is 4.34. The lowest BCUT2D eigenvalue weighted by Gasteiger charge is -2.36. The number of carbonyl (C=O) groups is 1. The molecule has 1 saturated heterocycles. The number of benzene rings is 1. The van der Waals surface area contributed by atoms with Crippen molar-refractivity contribution in [2.75, 3.05) is 25.0 Å². The average Bonchev–Trinajstić information content (AvgIpc) is 2.94. The van der Waals surface area contributed by atoms with Gasteiger partial charge in [-0.15, -0.1) is 0 Å². The van der Waals surface area contributed by atoms with Crippen molar-refractivity contribution in [2.24, 2.45) is 5.92 Å². The van der Waals surface area contributed by atoms with E-state index < -0.39 is 0 Å². The van der Waals surface area contributed by atoms with Crippen LogP contribution in [0.15, 0.2) is 12.1 Å². The molecule has 0 atom stereocenters. The minimum atomic E-state index is 0.158. The zero-order chi connectivity index (χ0) is 15.0. The molecule has 1 N–H and O–H groups in total. The molecule has 1 aliphatic carbocycles. The summed E-state index contributed by atoms with van der Waals surface area (Å²) in [5, 5.41) is 3.66. The summed E-state index contributed by atoms with van der Waals surface area (Å²) in [5.74, 6) is 0.754. The van der Waals surface area contributed by atoms with Crippen molar-refractivity contribution in [2.45, 2.75) is 38.5 Å². The van der Waals surface area contributed by atoms with Gasteiger partial charge in [-0.1, -0.05) is 17.7 Å². The SMILES string of the molecule is CNC(=O)C1CC(c2c(C)ccc(N3CCCC3)c2Cl)C1. The van der Waals surface area contributed by atoms with E-state index in [0.717, 1.165) is 31.0 Å². The van der Waals surface area contributed by atoms with Gasteiger partial charge < -0.3 is 10.2 Å². The number of amides is 1. The number of halogens is 1. The predicted molar refractivity (Wildman–Crippen MR) is 87.2 cm³/mol. The van der Waals surface area contributed by atoms with E-state index in [0.29, 0.717) is 5.92 Å². The van der Waals surface area contributed by atoms with Gasteiger partial charge >= 0.3 is 0 Å². The van der Waals surface area contributed by atoms with E-state index >= 15 is 0 Å². The van der Waals surface area contributed by atoms with Gasteiger partial charge in [-0.2, -0.15) is 0 Å². The third-order valence-corrected chi connectivity index (χ3v) is 5.38. The zero-order valence-electron chi connectivity index (χ0n) is 12.8. The van der Waals surface area contributed by atoms with E-state index in [-0.39, 0.29) is 11.8 Å². The summed E-state index contributed by atoms with van der Waals surface area (Å²) in [7, 11) is 1.71. The quantitative estimate of drug-likeness (QED) is 0.927. The molecule has 1 aromatic rings. The fourth-order valence-corrected chi connectivity index (χ4v) is 4.14. The molecule has 2 aliphatic rings. The minimum Gasteiger partial charge on any atom is -0.370 e. The van der Waals surface area contributed by atoms with Gasteiger partial charge in [0.2, 0.25) is 5.91 Å². The highest BCUT2D eigenvalue weighted by atomic mass is 35.5. The summed E-state index contributed by atoms with van der Waals surface area (Å²) in [4.78, 5) is 14.1. The molecule has 1 aliphatic heterocycles. The summed E-state index contributed by atoms with van der Waals surface area (Å²) < 4.78 is 0. The molecule has 3 rings (SSSR count). The van der Waals surface area contributed by atoms with Crippen molar-refractivity contribution in [1.29, 1.82) is 0 Å². The second kappa shape index (κ2) is 5.88. The first-order valence-corrected chi connectivity index (χ1v) is 8.25. The lowest BCUT2D eigenvalue weighted by atomic mass is 9.70. The number of rotatable bonds is 3. The van der Waals surface area contributed by atoms with Crippen molar-refractivity contribution in [3.8, 4) is 0 Å². The Morgan fingerprint density at radius 2 is 1.95 bits per heavy atom. The van der Waals surface area contributed by atoms with Crippen LogP contribution in [0.1, 0.15) is 42.7 Å². The Balaban J connectivity index is 1.82. The number of nitrogens with zero attached hydrogens (tertiary/aromatic N) is 1. The number of carbonyl (C=O) groups excluding carboxylic acids is 1. The smallest absolute Gasteiger partial charge is 0.222 e. The van der Waals surface area contributed by atoms with Crippen LogP contribution in [0.3, 0.4) is 0 Å². The minimum absolute atomic E-state index is 0.158. The fourth-order valence-electron chi connectivity index (χ4n) is 3.65. The third kappa shape index (κ3) is 2.64. The maximum Gasteiger partial charge on any atom is 0.222 e. The predicted octanol–water partition coefficient (Wildman–Crippen LogP) is 3.49. The number of hydrogen-bond donors (Lipinski definition) is 1. The number of hydrogen-bond acceptors (Lipinski definition) is 2. The molecule has 1 aromatic carbocycles. The van der Waals surface area contributed by atoms with Crippen molar-refractivity contribution in [3.05, 3.63) is 28.3 Å². The summed E-state index contributed by atoms with van der Waals surface area (Å²) >= 11 is 6.72. The first-order chi connectivity index (χ1) is 10.1. The van der Waals surface area contributed by atoms with E-state index in [9.17, 15) is 4.79 Å². The maximum absolute atomic E-state index is 11.7. The van der Waals surface area contributed by atoms with Crippen LogP contribution in [0.2, 0.25) is 5.02 Å². The zero-order valence-corrected chi connectivity index (χ0v) is 13.5. The second-order valence-electron chi connectivity index (χ2n) is 6.30. The van der Waals surface area contributed by atoms with Gasteiger partial charge in [0, 0.05) is 26.1 Å². The average molecular weight is 307 g/mol. The molecule has 0 radical (unpaired) electrons. The Morgan fingerprint density at radius 1 is 1.29 bits per heavy atom. The third-order valence-electron chi connectivity index (χ3n) is 4.99. The lowest BCUT2D eigenvalue weighted by molar-refractivity contribution is -0.127. The maximum atomic E-state index is 11.7. The fraction of sp³-hybridized carbons (Fsp3) is 0.588. The molecule has 2 fully saturated rings. The standard InChI is InChI=1S/C17H23ClN2O/c1-11-5-6-14(20-7-3-4-8-20)16(18)15(11)12-9-13(10-12)17(21)19-2/h5-6,12-13H,3-4,7-10H2,1-2H3,(H,19,21). The first kappa shape index (κ1) is 14.7. The van der Waals surface area contributed by atoms with Crippen LogP contribution >= 0.6 is 11.6 Å². The lowest BCUT2D eigenvalue weighted by Crippen LogP contribution is -2.36. The molecule has 114 valence electrons. The van der Waals surface area contributed by atoms with Gasteiger partial charge in [-0.05, 0) is 55.7 Å². The van der Waals surface area contributed by atoms with Crippen LogP contribution in [0.4, 0.5) is 5.69 Å². The normalized spacial score (nSPS) is 24.8.